The number of urea groups is 1. The average molecular weight is 333 g/mol. The maximum absolute atomic E-state index is 11.7. The number of amides is 2. The van der Waals surface area contributed by atoms with E-state index in [0.29, 0.717) is 13.1 Å². The third kappa shape index (κ3) is 4.42. The van der Waals surface area contributed by atoms with Crippen molar-refractivity contribution in [3.63, 3.8) is 0 Å². The summed E-state index contributed by atoms with van der Waals surface area (Å²) in [6.07, 6.45) is 4.40. The first-order valence-electron chi connectivity index (χ1n) is 8.26. The summed E-state index contributed by atoms with van der Waals surface area (Å²) >= 11 is 1.72. The quantitative estimate of drug-likeness (QED) is 0.712. The molecule has 1 fully saturated rings. The normalized spacial score (nSPS) is 20.7. The summed E-state index contributed by atoms with van der Waals surface area (Å²) in [5, 5.41) is 16.6. The Morgan fingerprint density at radius 1 is 1.30 bits per heavy atom. The standard InChI is InChI=1S/C17H23N3O2S/c21-14-7-3-5-12(14)11-19-17(22)18-10-4-9-16-20-13-6-1-2-8-15(13)23-16/h1-2,6,8,12,14,21H,3-5,7,9-11H2,(H2,18,19,22)/t12-,14-/m1/s1. The average Bonchev–Trinajstić information content (AvgIpc) is 3.15. The number of fused-ring (bicyclic) bond motifs is 1. The van der Waals surface area contributed by atoms with Crippen LogP contribution in [-0.4, -0.2) is 35.3 Å². The summed E-state index contributed by atoms with van der Waals surface area (Å²) in [7, 11) is 0. The zero-order valence-corrected chi connectivity index (χ0v) is 13.9. The van der Waals surface area contributed by atoms with Gasteiger partial charge in [-0.1, -0.05) is 18.6 Å². The Bertz CT molecular complexity index is 625. The molecule has 3 N–H and O–H groups in total. The minimum Gasteiger partial charge on any atom is -0.393 e. The fourth-order valence-electron chi connectivity index (χ4n) is 3.01. The molecule has 1 aromatic carbocycles. The number of carbonyl (C=O) groups is 1. The number of para-hydroxylation sites is 1. The van der Waals surface area contributed by atoms with Crippen molar-refractivity contribution in [3.05, 3.63) is 29.3 Å². The molecule has 2 atom stereocenters. The lowest BCUT2D eigenvalue weighted by molar-refractivity contribution is 0.132. The van der Waals surface area contributed by atoms with Crippen LogP contribution in [0.25, 0.3) is 10.2 Å². The minimum atomic E-state index is -0.255. The number of hydrogen-bond acceptors (Lipinski definition) is 4. The maximum atomic E-state index is 11.7. The van der Waals surface area contributed by atoms with Gasteiger partial charge in [0.25, 0.3) is 0 Å². The molecule has 1 aliphatic carbocycles. The van der Waals surface area contributed by atoms with Crippen molar-refractivity contribution in [2.24, 2.45) is 5.92 Å². The molecule has 0 bridgehead atoms. The van der Waals surface area contributed by atoms with Gasteiger partial charge in [-0.2, -0.15) is 0 Å². The molecule has 3 rings (SSSR count). The summed E-state index contributed by atoms with van der Waals surface area (Å²) in [5.41, 5.74) is 1.05. The predicted molar refractivity (Wildman–Crippen MR) is 92.7 cm³/mol. The van der Waals surface area contributed by atoms with Gasteiger partial charge in [0.15, 0.2) is 0 Å². The van der Waals surface area contributed by atoms with Gasteiger partial charge >= 0.3 is 6.03 Å². The topological polar surface area (TPSA) is 74.2 Å². The third-order valence-corrected chi connectivity index (χ3v) is 5.43. The second kappa shape index (κ2) is 7.75. The van der Waals surface area contributed by atoms with E-state index in [1.165, 1.54) is 4.70 Å². The molecular formula is C17H23N3O2S. The number of aliphatic hydroxyl groups excluding tert-OH is 1. The fraction of sp³-hybridized carbons (Fsp3) is 0.529. The van der Waals surface area contributed by atoms with Crippen LogP contribution in [0.3, 0.4) is 0 Å². The van der Waals surface area contributed by atoms with Gasteiger partial charge in [-0.05, 0) is 31.4 Å². The molecule has 1 aliphatic rings. The number of thiazole rings is 1. The number of aromatic nitrogens is 1. The Hall–Kier alpha value is -1.66. The lowest BCUT2D eigenvalue weighted by Gasteiger charge is -2.15. The van der Waals surface area contributed by atoms with Gasteiger partial charge in [-0.25, -0.2) is 9.78 Å². The van der Waals surface area contributed by atoms with Gasteiger partial charge in [0.2, 0.25) is 0 Å². The largest absolute Gasteiger partial charge is 0.393 e. The first-order valence-corrected chi connectivity index (χ1v) is 9.08. The molecule has 1 aromatic heterocycles. The van der Waals surface area contributed by atoms with Crippen LogP contribution in [0.2, 0.25) is 0 Å². The van der Waals surface area contributed by atoms with Crippen molar-refractivity contribution in [2.75, 3.05) is 13.1 Å². The van der Waals surface area contributed by atoms with Gasteiger partial charge in [0.05, 0.1) is 21.3 Å². The van der Waals surface area contributed by atoms with Crippen molar-refractivity contribution in [3.8, 4) is 0 Å². The zero-order valence-electron chi connectivity index (χ0n) is 13.1. The number of nitrogens with one attached hydrogen (secondary N) is 2. The summed E-state index contributed by atoms with van der Waals surface area (Å²) in [5.74, 6) is 0.212. The smallest absolute Gasteiger partial charge is 0.314 e. The fourth-order valence-corrected chi connectivity index (χ4v) is 4.02. The van der Waals surface area contributed by atoms with Crippen LogP contribution >= 0.6 is 11.3 Å². The van der Waals surface area contributed by atoms with Crippen LogP contribution < -0.4 is 10.6 Å². The van der Waals surface area contributed by atoms with E-state index in [4.69, 9.17) is 0 Å². The highest BCUT2D eigenvalue weighted by Crippen LogP contribution is 2.24. The van der Waals surface area contributed by atoms with Crippen LogP contribution in [0, 0.1) is 5.92 Å². The Kier molecular flexibility index (Phi) is 5.46. The second-order valence-corrected chi connectivity index (χ2v) is 7.19. The van der Waals surface area contributed by atoms with E-state index < -0.39 is 0 Å². The monoisotopic (exact) mass is 333 g/mol. The molecule has 0 spiro atoms. The lowest BCUT2D eigenvalue weighted by atomic mass is 10.1. The first-order chi connectivity index (χ1) is 11.2. The van der Waals surface area contributed by atoms with Gasteiger partial charge in [0.1, 0.15) is 0 Å². The molecular weight excluding hydrogens is 310 g/mol. The highest BCUT2D eigenvalue weighted by Gasteiger charge is 2.25. The molecule has 1 heterocycles. The molecule has 2 amide bonds. The van der Waals surface area contributed by atoms with Crippen LogP contribution in [0.5, 0.6) is 0 Å². The summed E-state index contributed by atoms with van der Waals surface area (Å²) in [4.78, 5) is 16.3. The molecule has 0 aliphatic heterocycles. The van der Waals surface area contributed by atoms with Crippen molar-refractivity contribution in [1.29, 1.82) is 0 Å². The molecule has 5 nitrogen and oxygen atoms in total. The molecule has 23 heavy (non-hydrogen) atoms. The Labute approximate surface area is 140 Å². The van der Waals surface area contributed by atoms with Gasteiger partial charge in [0, 0.05) is 25.4 Å². The number of carbonyl (C=O) groups excluding carboxylic acids is 1. The van der Waals surface area contributed by atoms with Gasteiger partial charge in [-0.3, -0.25) is 0 Å². The number of nitrogens with zero attached hydrogens (tertiary/aromatic N) is 1. The number of benzene rings is 1. The number of aliphatic hydroxyl groups is 1. The first kappa shape index (κ1) is 16.2. The Morgan fingerprint density at radius 2 is 2.17 bits per heavy atom. The molecule has 124 valence electrons. The van der Waals surface area contributed by atoms with Crippen molar-refractivity contribution < 1.29 is 9.90 Å². The molecule has 0 radical (unpaired) electrons. The summed E-state index contributed by atoms with van der Waals surface area (Å²) in [6, 6.07) is 7.99. The molecule has 6 heteroatoms. The van der Waals surface area contributed by atoms with E-state index in [1.807, 2.05) is 18.2 Å². The van der Waals surface area contributed by atoms with E-state index in [0.717, 1.165) is 42.6 Å². The van der Waals surface area contributed by atoms with Gasteiger partial charge in [-0.15, -0.1) is 11.3 Å². The summed E-state index contributed by atoms with van der Waals surface area (Å²) in [6.45, 7) is 1.19. The Balaban J connectivity index is 1.33. The lowest BCUT2D eigenvalue weighted by Crippen LogP contribution is -2.40. The molecule has 0 unspecified atom stereocenters. The number of aryl methyl sites for hydroxylation is 1. The highest BCUT2D eigenvalue weighted by molar-refractivity contribution is 7.18. The minimum absolute atomic E-state index is 0.145. The van der Waals surface area contributed by atoms with Crippen LogP contribution in [-0.2, 0) is 6.42 Å². The van der Waals surface area contributed by atoms with Crippen LogP contribution in [0.15, 0.2) is 24.3 Å². The van der Waals surface area contributed by atoms with E-state index in [1.54, 1.807) is 11.3 Å². The van der Waals surface area contributed by atoms with Crippen LogP contribution in [0.1, 0.15) is 30.7 Å². The molecule has 0 saturated heterocycles. The van der Waals surface area contributed by atoms with Crippen LogP contribution in [0.4, 0.5) is 4.79 Å². The van der Waals surface area contributed by atoms with Crippen molar-refractivity contribution in [2.45, 2.75) is 38.2 Å². The highest BCUT2D eigenvalue weighted by atomic mass is 32.1. The number of rotatable bonds is 6. The predicted octanol–water partition coefficient (Wildman–Crippen LogP) is 2.69. The van der Waals surface area contributed by atoms with E-state index in [-0.39, 0.29) is 18.1 Å². The maximum Gasteiger partial charge on any atom is 0.314 e. The van der Waals surface area contributed by atoms with E-state index >= 15 is 0 Å². The zero-order chi connectivity index (χ0) is 16.1. The van der Waals surface area contributed by atoms with Crippen molar-refractivity contribution >= 4 is 27.6 Å². The summed E-state index contributed by atoms with van der Waals surface area (Å²) < 4.78 is 1.21. The second-order valence-electron chi connectivity index (χ2n) is 6.07. The van der Waals surface area contributed by atoms with E-state index in [2.05, 4.69) is 21.7 Å². The van der Waals surface area contributed by atoms with Gasteiger partial charge < -0.3 is 15.7 Å². The Morgan fingerprint density at radius 3 is 2.96 bits per heavy atom. The molecule has 2 aromatic rings. The SMILES string of the molecule is O=C(NCCCc1nc2ccccc2s1)NC[C@H]1CCC[C@H]1O. The van der Waals surface area contributed by atoms with E-state index in [9.17, 15) is 9.90 Å². The third-order valence-electron chi connectivity index (χ3n) is 4.33. The molecule has 1 saturated carbocycles. The van der Waals surface area contributed by atoms with Crippen molar-refractivity contribution in [1.82, 2.24) is 15.6 Å². The number of hydrogen-bond donors (Lipinski definition) is 3.